The van der Waals surface area contributed by atoms with E-state index in [0.29, 0.717) is 17.9 Å². The lowest BCUT2D eigenvalue weighted by Crippen LogP contribution is -2.28. The van der Waals surface area contributed by atoms with E-state index in [0.717, 1.165) is 18.9 Å². The summed E-state index contributed by atoms with van der Waals surface area (Å²) >= 11 is 0. The molecule has 3 rings (SSSR count). The summed E-state index contributed by atoms with van der Waals surface area (Å²) in [5, 5.41) is 7.51. The van der Waals surface area contributed by atoms with E-state index in [9.17, 15) is 4.39 Å². The Bertz CT molecular complexity index is 497. The number of nitrogens with one attached hydrogen (secondary N) is 1. The molecule has 0 radical (unpaired) electrons. The van der Waals surface area contributed by atoms with Gasteiger partial charge in [-0.15, -0.1) is 0 Å². The van der Waals surface area contributed by atoms with Gasteiger partial charge in [0.2, 0.25) is 0 Å². The minimum absolute atomic E-state index is 0.279. The van der Waals surface area contributed by atoms with Crippen LogP contribution in [-0.2, 0) is 13.1 Å². The summed E-state index contributed by atoms with van der Waals surface area (Å²) in [4.78, 5) is 4.33. The molecule has 4 nitrogen and oxygen atoms in total. The third kappa shape index (κ3) is 1.49. The average molecular weight is 218 g/mol. The molecule has 82 valence electrons. The van der Waals surface area contributed by atoms with E-state index in [-0.39, 0.29) is 5.82 Å². The van der Waals surface area contributed by atoms with Crippen molar-refractivity contribution in [3.8, 4) is 11.4 Å². The van der Waals surface area contributed by atoms with Crippen molar-refractivity contribution in [1.29, 1.82) is 0 Å². The molecule has 0 aliphatic carbocycles. The third-order valence-electron chi connectivity index (χ3n) is 2.65. The summed E-state index contributed by atoms with van der Waals surface area (Å²) in [5.74, 6) is 1.06. The first kappa shape index (κ1) is 9.47. The van der Waals surface area contributed by atoms with Gasteiger partial charge in [0.15, 0.2) is 5.82 Å². The minimum atomic E-state index is -0.279. The van der Waals surface area contributed by atoms with Crippen LogP contribution in [0.2, 0.25) is 0 Å². The van der Waals surface area contributed by atoms with E-state index in [2.05, 4.69) is 15.4 Å². The molecule has 0 unspecified atom stereocenters. The molecule has 1 aromatic carbocycles. The van der Waals surface area contributed by atoms with Crippen molar-refractivity contribution >= 4 is 0 Å². The van der Waals surface area contributed by atoms with Crippen LogP contribution in [0.1, 0.15) is 5.82 Å². The zero-order chi connectivity index (χ0) is 11.0. The number of benzene rings is 1. The van der Waals surface area contributed by atoms with Crippen LogP contribution >= 0.6 is 0 Å². The van der Waals surface area contributed by atoms with Gasteiger partial charge in [0.25, 0.3) is 0 Å². The van der Waals surface area contributed by atoms with Crippen LogP contribution in [-0.4, -0.2) is 21.3 Å². The predicted molar refractivity (Wildman–Crippen MR) is 57.1 cm³/mol. The number of hydrogen-bond acceptors (Lipinski definition) is 3. The van der Waals surface area contributed by atoms with Gasteiger partial charge >= 0.3 is 0 Å². The number of hydrogen-bond donors (Lipinski definition) is 1. The number of halogens is 1. The SMILES string of the molecule is Fc1ccccc1-c1nc2n(n1)CCNC2. The van der Waals surface area contributed by atoms with Crippen LogP contribution in [0.5, 0.6) is 0 Å². The van der Waals surface area contributed by atoms with E-state index in [4.69, 9.17) is 0 Å². The van der Waals surface area contributed by atoms with Crippen molar-refractivity contribution in [2.24, 2.45) is 0 Å². The van der Waals surface area contributed by atoms with Gasteiger partial charge in [-0.2, -0.15) is 5.10 Å². The van der Waals surface area contributed by atoms with Crippen molar-refractivity contribution in [3.63, 3.8) is 0 Å². The number of nitrogens with zero attached hydrogens (tertiary/aromatic N) is 3. The molecule has 1 aromatic heterocycles. The maximum atomic E-state index is 13.5. The smallest absolute Gasteiger partial charge is 0.184 e. The fourth-order valence-electron chi connectivity index (χ4n) is 1.83. The molecule has 2 heterocycles. The summed E-state index contributed by atoms with van der Waals surface area (Å²) in [6, 6.07) is 6.57. The summed E-state index contributed by atoms with van der Waals surface area (Å²) in [7, 11) is 0. The molecule has 1 aliphatic heterocycles. The highest BCUT2D eigenvalue weighted by Crippen LogP contribution is 2.19. The molecular weight excluding hydrogens is 207 g/mol. The Kier molecular flexibility index (Phi) is 2.18. The molecule has 0 atom stereocenters. The van der Waals surface area contributed by atoms with Gasteiger partial charge < -0.3 is 5.32 Å². The highest BCUT2D eigenvalue weighted by Gasteiger charge is 2.16. The summed E-state index contributed by atoms with van der Waals surface area (Å²) < 4.78 is 15.4. The Labute approximate surface area is 92.1 Å². The minimum Gasteiger partial charge on any atom is -0.308 e. The Balaban J connectivity index is 2.07. The Hall–Kier alpha value is -1.75. The quantitative estimate of drug-likeness (QED) is 0.781. The van der Waals surface area contributed by atoms with Gasteiger partial charge in [0.05, 0.1) is 18.7 Å². The van der Waals surface area contributed by atoms with E-state index in [1.54, 1.807) is 18.2 Å². The largest absolute Gasteiger partial charge is 0.308 e. The van der Waals surface area contributed by atoms with E-state index in [1.165, 1.54) is 6.07 Å². The van der Waals surface area contributed by atoms with Gasteiger partial charge in [0, 0.05) is 6.54 Å². The molecule has 0 spiro atoms. The Morgan fingerprint density at radius 3 is 3.00 bits per heavy atom. The van der Waals surface area contributed by atoms with E-state index < -0.39 is 0 Å². The van der Waals surface area contributed by atoms with Crippen LogP contribution in [0.25, 0.3) is 11.4 Å². The van der Waals surface area contributed by atoms with Crippen molar-refractivity contribution in [1.82, 2.24) is 20.1 Å². The second-order valence-electron chi connectivity index (χ2n) is 3.73. The van der Waals surface area contributed by atoms with Gasteiger partial charge in [-0.1, -0.05) is 12.1 Å². The fourth-order valence-corrected chi connectivity index (χ4v) is 1.83. The van der Waals surface area contributed by atoms with Gasteiger partial charge in [-0.05, 0) is 12.1 Å². The maximum Gasteiger partial charge on any atom is 0.184 e. The van der Waals surface area contributed by atoms with Gasteiger partial charge in [-0.25, -0.2) is 14.1 Å². The molecule has 0 saturated carbocycles. The Morgan fingerprint density at radius 2 is 2.19 bits per heavy atom. The lowest BCUT2D eigenvalue weighted by atomic mass is 10.2. The normalized spacial score (nSPS) is 14.8. The summed E-state index contributed by atoms with van der Waals surface area (Å²) in [6.45, 7) is 2.37. The molecule has 1 N–H and O–H groups in total. The molecule has 2 aromatic rings. The first-order valence-corrected chi connectivity index (χ1v) is 5.24. The monoisotopic (exact) mass is 218 g/mol. The molecule has 1 aliphatic rings. The van der Waals surface area contributed by atoms with Crippen molar-refractivity contribution < 1.29 is 4.39 Å². The van der Waals surface area contributed by atoms with E-state index in [1.807, 2.05) is 4.68 Å². The lowest BCUT2D eigenvalue weighted by molar-refractivity contribution is 0.468. The molecule has 0 fully saturated rings. The van der Waals surface area contributed by atoms with Crippen molar-refractivity contribution in [2.75, 3.05) is 6.54 Å². The zero-order valence-corrected chi connectivity index (χ0v) is 8.65. The fraction of sp³-hybridized carbons (Fsp3) is 0.273. The number of rotatable bonds is 1. The molecule has 0 bridgehead atoms. The second kappa shape index (κ2) is 3.68. The summed E-state index contributed by atoms with van der Waals surface area (Å²) in [5.41, 5.74) is 0.462. The van der Waals surface area contributed by atoms with Crippen molar-refractivity contribution in [3.05, 3.63) is 35.9 Å². The van der Waals surface area contributed by atoms with Crippen LogP contribution in [0, 0.1) is 5.82 Å². The van der Waals surface area contributed by atoms with E-state index >= 15 is 0 Å². The molecule has 16 heavy (non-hydrogen) atoms. The summed E-state index contributed by atoms with van der Waals surface area (Å²) in [6.07, 6.45) is 0. The van der Waals surface area contributed by atoms with Gasteiger partial charge in [0.1, 0.15) is 11.6 Å². The average Bonchev–Trinajstić information content (AvgIpc) is 2.73. The Morgan fingerprint density at radius 1 is 1.31 bits per heavy atom. The van der Waals surface area contributed by atoms with Crippen LogP contribution in [0.3, 0.4) is 0 Å². The third-order valence-corrected chi connectivity index (χ3v) is 2.65. The first-order valence-electron chi connectivity index (χ1n) is 5.24. The van der Waals surface area contributed by atoms with Crippen molar-refractivity contribution in [2.45, 2.75) is 13.1 Å². The van der Waals surface area contributed by atoms with Crippen LogP contribution in [0.4, 0.5) is 4.39 Å². The predicted octanol–water partition coefficient (Wildman–Crippen LogP) is 1.19. The maximum absolute atomic E-state index is 13.5. The van der Waals surface area contributed by atoms with Gasteiger partial charge in [-0.3, -0.25) is 0 Å². The van der Waals surface area contributed by atoms with Crippen LogP contribution < -0.4 is 5.32 Å². The van der Waals surface area contributed by atoms with Crippen LogP contribution in [0.15, 0.2) is 24.3 Å². The highest BCUT2D eigenvalue weighted by molar-refractivity contribution is 5.55. The number of fused-ring (bicyclic) bond motifs is 1. The topological polar surface area (TPSA) is 42.7 Å². The number of aromatic nitrogens is 3. The lowest BCUT2D eigenvalue weighted by Gasteiger charge is -2.11. The molecule has 0 amide bonds. The standard InChI is InChI=1S/C11H11FN4/c12-9-4-2-1-3-8(9)11-14-10-7-13-5-6-16(10)15-11/h1-4,13H,5-7H2. The highest BCUT2D eigenvalue weighted by atomic mass is 19.1. The zero-order valence-electron chi connectivity index (χ0n) is 8.65. The second-order valence-corrected chi connectivity index (χ2v) is 3.73. The molecular formula is C11H11FN4. The molecule has 5 heteroatoms. The molecule has 0 saturated heterocycles. The first-order chi connectivity index (χ1) is 7.84.